The van der Waals surface area contributed by atoms with E-state index in [1.165, 1.54) is 0 Å². The molecule has 3 heteroatoms. The molecule has 0 N–H and O–H groups in total. The summed E-state index contributed by atoms with van der Waals surface area (Å²) in [6.07, 6.45) is 0.715. The minimum absolute atomic E-state index is 0.0822. The third-order valence-corrected chi connectivity index (χ3v) is 2.93. The lowest BCUT2D eigenvalue weighted by Gasteiger charge is -2.11. The predicted octanol–water partition coefficient (Wildman–Crippen LogP) is 4.43. The van der Waals surface area contributed by atoms with Crippen molar-refractivity contribution < 1.29 is 14.3 Å². The SMILES string of the molecule is CCC(C)OC(=O)c1cccc(Oc2ccccc2)c1. The summed E-state index contributed by atoms with van der Waals surface area (Å²) < 4.78 is 11.0. The van der Waals surface area contributed by atoms with Crippen LogP contribution >= 0.6 is 0 Å². The van der Waals surface area contributed by atoms with E-state index in [-0.39, 0.29) is 12.1 Å². The highest BCUT2D eigenvalue weighted by atomic mass is 16.5. The number of esters is 1. The monoisotopic (exact) mass is 270 g/mol. The molecule has 0 aliphatic rings. The Morgan fingerprint density at radius 1 is 1.05 bits per heavy atom. The van der Waals surface area contributed by atoms with Gasteiger partial charge in [-0.2, -0.15) is 0 Å². The summed E-state index contributed by atoms with van der Waals surface area (Å²) in [7, 11) is 0. The molecule has 0 heterocycles. The third-order valence-electron chi connectivity index (χ3n) is 2.93. The van der Waals surface area contributed by atoms with Gasteiger partial charge in [0.1, 0.15) is 11.5 Å². The van der Waals surface area contributed by atoms with E-state index in [1.54, 1.807) is 18.2 Å². The fraction of sp³-hybridized carbons (Fsp3) is 0.235. The average molecular weight is 270 g/mol. The lowest BCUT2D eigenvalue weighted by Crippen LogP contribution is -2.13. The van der Waals surface area contributed by atoms with E-state index in [2.05, 4.69) is 0 Å². The number of carbonyl (C=O) groups excluding carboxylic acids is 1. The molecule has 20 heavy (non-hydrogen) atoms. The van der Waals surface area contributed by atoms with Crippen LogP contribution in [0.1, 0.15) is 30.6 Å². The summed E-state index contributed by atoms with van der Waals surface area (Å²) in [6, 6.07) is 16.5. The Hall–Kier alpha value is -2.29. The summed E-state index contributed by atoms with van der Waals surface area (Å²) in [5, 5.41) is 0. The van der Waals surface area contributed by atoms with E-state index in [1.807, 2.05) is 50.2 Å². The summed E-state index contributed by atoms with van der Waals surface area (Å²) in [4.78, 5) is 11.9. The van der Waals surface area contributed by atoms with Crippen LogP contribution in [0.25, 0.3) is 0 Å². The zero-order chi connectivity index (χ0) is 14.4. The molecule has 0 saturated carbocycles. The molecule has 0 amide bonds. The fourth-order valence-corrected chi connectivity index (χ4v) is 1.65. The first-order valence-corrected chi connectivity index (χ1v) is 6.73. The summed E-state index contributed by atoms with van der Waals surface area (Å²) in [5.41, 5.74) is 0.499. The van der Waals surface area contributed by atoms with Crippen LogP contribution in [-0.4, -0.2) is 12.1 Å². The van der Waals surface area contributed by atoms with Gasteiger partial charge in [0.2, 0.25) is 0 Å². The van der Waals surface area contributed by atoms with Gasteiger partial charge in [-0.1, -0.05) is 31.2 Å². The lowest BCUT2D eigenvalue weighted by molar-refractivity contribution is 0.0334. The van der Waals surface area contributed by atoms with Crippen molar-refractivity contribution in [1.82, 2.24) is 0 Å². The Labute approximate surface area is 119 Å². The predicted molar refractivity (Wildman–Crippen MR) is 78.1 cm³/mol. The van der Waals surface area contributed by atoms with Gasteiger partial charge in [0, 0.05) is 0 Å². The highest BCUT2D eigenvalue weighted by molar-refractivity contribution is 5.90. The molecule has 0 aromatic heterocycles. The van der Waals surface area contributed by atoms with Crippen molar-refractivity contribution in [3.8, 4) is 11.5 Å². The van der Waals surface area contributed by atoms with Gasteiger partial charge < -0.3 is 9.47 Å². The van der Waals surface area contributed by atoms with Crippen molar-refractivity contribution in [2.45, 2.75) is 26.4 Å². The van der Waals surface area contributed by atoms with Gasteiger partial charge in [-0.05, 0) is 43.7 Å². The Kier molecular flexibility index (Phi) is 4.77. The van der Waals surface area contributed by atoms with Gasteiger partial charge in [0.25, 0.3) is 0 Å². The van der Waals surface area contributed by atoms with Crippen molar-refractivity contribution in [1.29, 1.82) is 0 Å². The molecule has 0 spiro atoms. The average Bonchev–Trinajstić information content (AvgIpc) is 2.48. The highest BCUT2D eigenvalue weighted by Gasteiger charge is 2.11. The van der Waals surface area contributed by atoms with Crippen molar-refractivity contribution >= 4 is 5.97 Å². The molecule has 0 saturated heterocycles. The van der Waals surface area contributed by atoms with Crippen LogP contribution in [0.15, 0.2) is 54.6 Å². The van der Waals surface area contributed by atoms with Gasteiger partial charge in [-0.3, -0.25) is 0 Å². The normalized spacial score (nSPS) is 11.7. The van der Waals surface area contributed by atoms with Gasteiger partial charge in [0.15, 0.2) is 0 Å². The zero-order valence-corrected chi connectivity index (χ0v) is 11.7. The van der Waals surface area contributed by atoms with Gasteiger partial charge >= 0.3 is 5.97 Å². The van der Waals surface area contributed by atoms with Gasteiger partial charge in [-0.15, -0.1) is 0 Å². The standard InChI is InChI=1S/C17H18O3/c1-3-13(2)19-17(18)14-8-7-11-16(12-14)20-15-9-5-4-6-10-15/h4-13H,3H2,1-2H3. The molecule has 3 nitrogen and oxygen atoms in total. The number of hydrogen-bond acceptors (Lipinski definition) is 3. The molecule has 104 valence electrons. The van der Waals surface area contributed by atoms with Crippen LogP contribution in [0.3, 0.4) is 0 Å². The number of ether oxygens (including phenoxy) is 2. The van der Waals surface area contributed by atoms with E-state index in [0.717, 1.165) is 12.2 Å². The van der Waals surface area contributed by atoms with Gasteiger partial charge in [-0.25, -0.2) is 4.79 Å². The number of rotatable bonds is 5. The molecule has 0 bridgehead atoms. The molecule has 0 aliphatic heterocycles. The first kappa shape index (κ1) is 14.1. The third kappa shape index (κ3) is 3.85. The maximum Gasteiger partial charge on any atom is 0.338 e. The maximum absolute atomic E-state index is 11.9. The Bertz CT molecular complexity index is 563. The molecule has 2 aromatic rings. The molecule has 0 aliphatic carbocycles. The highest BCUT2D eigenvalue weighted by Crippen LogP contribution is 2.22. The number of hydrogen-bond donors (Lipinski definition) is 0. The molecular weight excluding hydrogens is 252 g/mol. The molecule has 0 fully saturated rings. The second-order valence-electron chi connectivity index (χ2n) is 4.57. The van der Waals surface area contributed by atoms with Crippen LogP contribution in [-0.2, 0) is 4.74 Å². The number of carbonyl (C=O) groups is 1. The van der Waals surface area contributed by atoms with Gasteiger partial charge in [0.05, 0.1) is 11.7 Å². The molecule has 1 atom stereocenters. The zero-order valence-electron chi connectivity index (χ0n) is 11.7. The first-order valence-electron chi connectivity index (χ1n) is 6.73. The van der Waals surface area contributed by atoms with E-state index in [4.69, 9.17) is 9.47 Å². The lowest BCUT2D eigenvalue weighted by atomic mass is 10.2. The van der Waals surface area contributed by atoms with Crippen LogP contribution in [0, 0.1) is 0 Å². The largest absolute Gasteiger partial charge is 0.459 e. The van der Waals surface area contributed by atoms with E-state index < -0.39 is 0 Å². The van der Waals surface area contributed by atoms with Crippen LogP contribution in [0.5, 0.6) is 11.5 Å². The van der Waals surface area contributed by atoms with Crippen molar-refractivity contribution in [3.63, 3.8) is 0 Å². The van der Waals surface area contributed by atoms with Crippen molar-refractivity contribution in [2.24, 2.45) is 0 Å². The minimum atomic E-state index is -0.321. The summed E-state index contributed by atoms with van der Waals surface area (Å²) in [5.74, 6) is 1.03. The molecule has 0 radical (unpaired) electrons. The first-order chi connectivity index (χ1) is 9.69. The van der Waals surface area contributed by atoms with E-state index in [0.29, 0.717) is 11.3 Å². The van der Waals surface area contributed by atoms with Crippen molar-refractivity contribution in [3.05, 3.63) is 60.2 Å². The Morgan fingerprint density at radius 3 is 2.45 bits per heavy atom. The molecule has 1 unspecified atom stereocenters. The summed E-state index contributed by atoms with van der Waals surface area (Å²) >= 11 is 0. The second-order valence-corrected chi connectivity index (χ2v) is 4.57. The maximum atomic E-state index is 11.9. The molecular formula is C17H18O3. The number of benzene rings is 2. The fourth-order valence-electron chi connectivity index (χ4n) is 1.65. The van der Waals surface area contributed by atoms with E-state index >= 15 is 0 Å². The van der Waals surface area contributed by atoms with Crippen molar-refractivity contribution in [2.75, 3.05) is 0 Å². The summed E-state index contributed by atoms with van der Waals surface area (Å²) in [6.45, 7) is 3.86. The van der Waals surface area contributed by atoms with Crippen LogP contribution < -0.4 is 4.74 Å². The molecule has 2 aromatic carbocycles. The molecule has 2 rings (SSSR count). The van der Waals surface area contributed by atoms with Crippen LogP contribution in [0.4, 0.5) is 0 Å². The smallest absolute Gasteiger partial charge is 0.338 e. The Morgan fingerprint density at radius 2 is 1.75 bits per heavy atom. The van der Waals surface area contributed by atoms with E-state index in [9.17, 15) is 4.79 Å². The topological polar surface area (TPSA) is 35.5 Å². The minimum Gasteiger partial charge on any atom is -0.459 e. The number of para-hydroxylation sites is 1. The quantitative estimate of drug-likeness (QED) is 0.754. The Balaban J connectivity index is 2.10. The second kappa shape index (κ2) is 6.75. The van der Waals surface area contributed by atoms with Crippen LogP contribution in [0.2, 0.25) is 0 Å².